The molecule has 3 aliphatic rings. The molecule has 3 heterocycles. The van der Waals surface area contributed by atoms with Crippen LogP contribution in [0.2, 0.25) is 18.6 Å². The molecule has 0 aromatic heterocycles. The third kappa shape index (κ3) is 4.94. The molecule has 3 aromatic rings. The lowest BCUT2D eigenvalue weighted by Crippen LogP contribution is -2.51. The van der Waals surface area contributed by atoms with Crippen LogP contribution in [0, 0.1) is 5.92 Å². The van der Waals surface area contributed by atoms with Gasteiger partial charge >= 0.3 is 0 Å². The number of carbonyl (C=O) groups excluding carboxylic acids is 2. The molecule has 4 atom stereocenters. The van der Waals surface area contributed by atoms with Crippen LogP contribution in [0.15, 0.2) is 71.2 Å². The van der Waals surface area contributed by atoms with Gasteiger partial charge in [0.15, 0.2) is 5.60 Å². The summed E-state index contributed by atoms with van der Waals surface area (Å²) in [6.45, 7) is 7.92. The number of benzene rings is 3. The van der Waals surface area contributed by atoms with Crippen LogP contribution in [0.4, 0.5) is 11.4 Å². The number of carbonyl (C=O) groups is 2. The molecule has 0 aliphatic carbocycles. The van der Waals surface area contributed by atoms with E-state index in [1.807, 2.05) is 64.4 Å². The first-order valence-corrected chi connectivity index (χ1v) is 18.9. The van der Waals surface area contributed by atoms with Crippen molar-refractivity contribution >= 4 is 52.4 Å². The van der Waals surface area contributed by atoms with Gasteiger partial charge in [0.05, 0.1) is 33.5 Å². The second-order valence-corrected chi connectivity index (χ2v) is 18.1. The van der Waals surface area contributed by atoms with Gasteiger partial charge in [0.1, 0.15) is 5.75 Å². The van der Waals surface area contributed by atoms with Crippen molar-refractivity contribution in [3.05, 3.63) is 82.3 Å². The zero-order valence-corrected chi connectivity index (χ0v) is 27.8. The molecule has 2 amide bonds. The fourth-order valence-electron chi connectivity index (χ4n) is 7.77. The van der Waals surface area contributed by atoms with E-state index in [9.17, 15) is 14.7 Å². The molecule has 226 valence electrons. The van der Waals surface area contributed by atoms with Crippen LogP contribution in [-0.4, -0.2) is 51.4 Å². The number of fused-ring (bicyclic) bond motifs is 2. The maximum absolute atomic E-state index is 14.8. The van der Waals surface area contributed by atoms with Gasteiger partial charge in [-0.3, -0.25) is 9.59 Å². The Bertz CT molecular complexity index is 1550. The predicted molar refractivity (Wildman–Crippen MR) is 175 cm³/mol. The lowest BCUT2D eigenvalue weighted by molar-refractivity contribution is -0.146. The third-order valence-electron chi connectivity index (χ3n) is 9.85. The molecule has 2 fully saturated rings. The highest BCUT2D eigenvalue weighted by molar-refractivity contribution is 9.10. The number of amides is 2. The molecule has 1 spiro atoms. The van der Waals surface area contributed by atoms with Gasteiger partial charge in [0.25, 0.3) is 5.91 Å². The smallest absolute Gasteiger partial charge is 0.264 e. The van der Waals surface area contributed by atoms with Crippen LogP contribution in [0.5, 0.6) is 5.75 Å². The van der Waals surface area contributed by atoms with E-state index in [0.717, 1.165) is 45.7 Å². The summed E-state index contributed by atoms with van der Waals surface area (Å²) in [5.41, 5.74) is 2.46. The normalized spacial score (nSPS) is 25.2. The summed E-state index contributed by atoms with van der Waals surface area (Å²) >= 11 is 3.66. The fraction of sp³-hybridized carbons (Fsp3) is 0.412. The Labute approximate surface area is 262 Å². The zero-order chi connectivity index (χ0) is 30.5. The molecule has 9 heteroatoms. The number of methoxy groups -OCH3 is 1. The van der Waals surface area contributed by atoms with E-state index >= 15 is 0 Å². The van der Waals surface area contributed by atoms with E-state index in [1.54, 1.807) is 7.11 Å². The number of anilines is 2. The minimum Gasteiger partial charge on any atom is -0.497 e. The highest BCUT2D eigenvalue weighted by Crippen LogP contribution is 2.60. The molecule has 3 aliphatic heterocycles. The second kappa shape index (κ2) is 11.5. The number of halogens is 1. The highest BCUT2D eigenvalue weighted by Gasteiger charge is 2.66. The Hall–Kier alpha value is -2.98. The molecule has 43 heavy (non-hydrogen) atoms. The minimum absolute atomic E-state index is 0.0116. The van der Waals surface area contributed by atoms with Gasteiger partial charge in [-0.05, 0) is 66.4 Å². The Kier molecular flexibility index (Phi) is 8.04. The fourth-order valence-corrected chi connectivity index (χ4v) is 12.2. The number of rotatable bonds is 8. The summed E-state index contributed by atoms with van der Waals surface area (Å²) in [7, 11) is -0.573. The van der Waals surface area contributed by atoms with Crippen LogP contribution in [0.25, 0.3) is 0 Å². The maximum atomic E-state index is 14.8. The monoisotopic (exact) mass is 662 g/mol. The van der Waals surface area contributed by atoms with E-state index in [1.165, 1.54) is 5.19 Å². The van der Waals surface area contributed by atoms with Gasteiger partial charge in [-0.25, -0.2) is 0 Å². The number of aliphatic hydroxyl groups excluding tert-OH is 1. The summed E-state index contributed by atoms with van der Waals surface area (Å²) in [4.78, 5) is 30.9. The molecule has 0 bridgehead atoms. The summed E-state index contributed by atoms with van der Waals surface area (Å²) < 4.78 is 13.3. The van der Waals surface area contributed by atoms with Crippen molar-refractivity contribution in [3.8, 4) is 5.75 Å². The van der Waals surface area contributed by atoms with E-state index in [2.05, 4.69) is 48.1 Å². The van der Waals surface area contributed by atoms with Crippen molar-refractivity contribution in [1.82, 2.24) is 0 Å². The SMILES string of the molecule is COc1ccc([Si](C)(C)[C@H]2[C@H](CCO)O[C@@]3(C(=O)N(Cc4cccc(N5CCCC5=O)c4)c4ccc(Br)cc43)[C@@H]2C)cc1. The van der Waals surface area contributed by atoms with Crippen LogP contribution in [0.3, 0.4) is 0 Å². The van der Waals surface area contributed by atoms with Crippen molar-refractivity contribution in [2.45, 2.75) is 63.1 Å². The molecule has 0 unspecified atom stereocenters. The van der Waals surface area contributed by atoms with Gasteiger partial charge in [0.2, 0.25) is 5.91 Å². The Balaban J connectivity index is 1.39. The summed E-state index contributed by atoms with van der Waals surface area (Å²) in [5, 5.41) is 11.4. The molecule has 2 saturated heterocycles. The first-order valence-electron chi connectivity index (χ1n) is 15.1. The molecule has 7 nitrogen and oxygen atoms in total. The van der Waals surface area contributed by atoms with Gasteiger partial charge < -0.3 is 24.4 Å². The molecular weight excluding hydrogens is 624 g/mol. The zero-order valence-electron chi connectivity index (χ0n) is 25.2. The lowest BCUT2D eigenvalue weighted by atomic mass is 9.82. The summed E-state index contributed by atoms with van der Waals surface area (Å²) in [5.74, 6) is 0.750. The topological polar surface area (TPSA) is 79.3 Å². The number of hydrogen-bond donors (Lipinski definition) is 1. The van der Waals surface area contributed by atoms with Crippen molar-refractivity contribution in [2.24, 2.45) is 5.92 Å². The summed E-state index contributed by atoms with van der Waals surface area (Å²) in [6.07, 6.45) is 1.62. The number of aliphatic hydroxyl groups is 1. The third-order valence-corrected chi connectivity index (χ3v) is 14.7. The van der Waals surface area contributed by atoms with Crippen molar-refractivity contribution in [2.75, 3.05) is 30.1 Å². The van der Waals surface area contributed by atoms with Crippen molar-refractivity contribution in [1.29, 1.82) is 0 Å². The molecule has 1 N–H and O–H groups in total. The standard InChI is InChI=1S/C34H39BrN2O5Si/c1-22-32(43(3,4)27-13-11-26(41-2)12-14-27)30(16-18-38)42-34(22)28-20-24(35)10-15-29(28)37(33(34)40)21-23-7-5-8-25(19-23)36-17-6-9-31(36)39/h5,7-8,10-15,19-20,22,30,32,38H,6,9,16-18,21H2,1-4H3/t22-,30+,32-,34+/m1/s1. The van der Waals surface area contributed by atoms with Crippen LogP contribution >= 0.6 is 15.9 Å². The van der Waals surface area contributed by atoms with Crippen molar-refractivity contribution in [3.63, 3.8) is 0 Å². The molecule has 0 radical (unpaired) electrons. The van der Waals surface area contributed by atoms with E-state index < -0.39 is 13.7 Å². The van der Waals surface area contributed by atoms with Gasteiger partial charge in [-0.15, -0.1) is 0 Å². The van der Waals surface area contributed by atoms with E-state index in [-0.39, 0.29) is 36.0 Å². The van der Waals surface area contributed by atoms with Gasteiger partial charge in [0, 0.05) is 41.2 Å². The average Bonchev–Trinajstić information content (AvgIpc) is 3.63. The lowest BCUT2D eigenvalue weighted by Gasteiger charge is -2.37. The summed E-state index contributed by atoms with van der Waals surface area (Å²) in [6, 6.07) is 22.2. The number of nitrogens with zero attached hydrogens (tertiary/aromatic N) is 2. The quantitative estimate of drug-likeness (QED) is 0.312. The number of ether oxygens (including phenoxy) is 2. The van der Waals surface area contributed by atoms with Crippen LogP contribution in [-0.2, 0) is 26.5 Å². The molecule has 3 aromatic carbocycles. The Morgan fingerprint density at radius 1 is 1.09 bits per heavy atom. The predicted octanol–water partition coefficient (Wildman–Crippen LogP) is 5.73. The highest BCUT2D eigenvalue weighted by atomic mass is 79.9. The van der Waals surface area contributed by atoms with Crippen molar-refractivity contribution < 1.29 is 24.2 Å². The first-order chi connectivity index (χ1) is 20.6. The Morgan fingerprint density at radius 2 is 1.86 bits per heavy atom. The largest absolute Gasteiger partial charge is 0.497 e. The first kappa shape index (κ1) is 30.1. The van der Waals surface area contributed by atoms with Gasteiger partial charge in [-0.1, -0.05) is 65.4 Å². The second-order valence-electron chi connectivity index (χ2n) is 12.5. The molecular formula is C34H39BrN2O5Si. The van der Waals surface area contributed by atoms with Crippen LogP contribution < -0.4 is 19.7 Å². The van der Waals surface area contributed by atoms with Crippen LogP contribution in [0.1, 0.15) is 37.3 Å². The maximum Gasteiger partial charge on any atom is 0.264 e. The number of hydrogen-bond acceptors (Lipinski definition) is 5. The van der Waals surface area contributed by atoms with E-state index in [4.69, 9.17) is 9.47 Å². The molecule has 0 saturated carbocycles. The molecule has 6 rings (SSSR count). The van der Waals surface area contributed by atoms with E-state index in [0.29, 0.717) is 19.4 Å². The minimum atomic E-state index is -2.24. The average molecular weight is 664 g/mol. The Morgan fingerprint density at radius 3 is 2.53 bits per heavy atom. The van der Waals surface area contributed by atoms with Gasteiger partial charge in [-0.2, -0.15) is 0 Å².